The highest BCUT2D eigenvalue weighted by molar-refractivity contribution is 7.80. The van der Waals surface area contributed by atoms with Gasteiger partial charge in [0.25, 0.3) is 0 Å². The lowest BCUT2D eigenvalue weighted by Crippen LogP contribution is -2.52. The summed E-state index contributed by atoms with van der Waals surface area (Å²) in [4.78, 5) is 12.4. The fourth-order valence-electron chi connectivity index (χ4n) is 2.07. The summed E-state index contributed by atoms with van der Waals surface area (Å²) in [5.41, 5.74) is 5.95. The molecule has 0 spiro atoms. The van der Waals surface area contributed by atoms with Crippen molar-refractivity contribution >= 4 is 33.9 Å². The quantitative estimate of drug-likeness (QED) is 0.849. The van der Waals surface area contributed by atoms with Gasteiger partial charge in [-0.05, 0) is 30.2 Å². The number of fused-ring (bicyclic) bond motifs is 1. The van der Waals surface area contributed by atoms with Gasteiger partial charge in [0.15, 0.2) is 0 Å². The summed E-state index contributed by atoms with van der Waals surface area (Å²) in [6, 6.07) is 14.0. The van der Waals surface area contributed by atoms with Crippen LogP contribution in [0.4, 0.5) is 0 Å². The van der Waals surface area contributed by atoms with Gasteiger partial charge in [-0.1, -0.05) is 54.7 Å². The predicted molar refractivity (Wildman–Crippen MR) is 86.7 cm³/mol. The lowest BCUT2D eigenvalue weighted by Gasteiger charge is -2.24. The lowest BCUT2D eigenvalue weighted by atomic mass is 10.0. The zero-order valence-corrected chi connectivity index (χ0v) is 12.5. The van der Waals surface area contributed by atoms with Gasteiger partial charge in [-0.25, -0.2) is 0 Å². The highest BCUT2D eigenvalue weighted by Crippen LogP contribution is 2.19. The number of nitrogens with two attached hydrogens (primary N) is 1. The predicted octanol–water partition coefficient (Wildman–Crippen LogP) is 2.56. The van der Waals surface area contributed by atoms with Crippen molar-refractivity contribution in [1.29, 1.82) is 0 Å². The maximum Gasteiger partial charge on any atom is 0.225 e. The van der Waals surface area contributed by atoms with E-state index in [0.29, 0.717) is 6.42 Å². The van der Waals surface area contributed by atoms with Crippen molar-refractivity contribution in [3.8, 4) is 0 Å². The Morgan fingerprint density at radius 2 is 1.85 bits per heavy atom. The maximum absolute atomic E-state index is 12.1. The van der Waals surface area contributed by atoms with E-state index in [1.165, 1.54) is 0 Å². The molecule has 0 aliphatic heterocycles. The van der Waals surface area contributed by atoms with Crippen LogP contribution in [-0.4, -0.2) is 16.4 Å². The Balaban J connectivity index is 2.21. The Kier molecular flexibility index (Phi) is 4.04. The van der Waals surface area contributed by atoms with Gasteiger partial charge in [0.2, 0.25) is 5.91 Å². The number of nitrogens with one attached hydrogen (secondary N) is 1. The van der Waals surface area contributed by atoms with E-state index in [4.69, 9.17) is 18.0 Å². The third-order valence-corrected chi connectivity index (χ3v) is 3.81. The minimum Gasteiger partial charge on any atom is -0.391 e. The van der Waals surface area contributed by atoms with E-state index in [1.807, 2.05) is 42.5 Å². The van der Waals surface area contributed by atoms with Crippen molar-refractivity contribution in [3.05, 3.63) is 48.0 Å². The first-order valence-electron chi connectivity index (χ1n) is 6.48. The standard InChI is InChI=1S/C16H18N2OS/c1-16(2,15(17)20)18-14(19)10-12-8-5-7-11-6-3-4-9-13(11)12/h3-9H,10H2,1-2H3,(H2,17,20)(H,18,19). The summed E-state index contributed by atoms with van der Waals surface area (Å²) >= 11 is 4.95. The molecule has 0 fully saturated rings. The monoisotopic (exact) mass is 286 g/mol. The lowest BCUT2D eigenvalue weighted by molar-refractivity contribution is -0.121. The number of hydrogen-bond acceptors (Lipinski definition) is 2. The third kappa shape index (κ3) is 3.14. The second-order valence-corrected chi connectivity index (χ2v) is 5.79. The Hall–Kier alpha value is -1.94. The highest BCUT2D eigenvalue weighted by atomic mass is 32.1. The summed E-state index contributed by atoms with van der Waals surface area (Å²) < 4.78 is 0. The van der Waals surface area contributed by atoms with E-state index < -0.39 is 5.54 Å². The van der Waals surface area contributed by atoms with Gasteiger partial charge in [-0.3, -0.25) is 4.79 Å². The van der Waals surface area contributed by atoms with Gasteiger partial charge in [0, 0.05) is 0 Å². The summed E-state index contributed by atoms with van der Waals surface area (Å²) in [6.45, 7) is 3.60. The Morgan fingerprint density at radius 1 is 1.20 bits per heavy atom. The first-order chi connectivity index (χ1) is 9.40. The molecule has 3 N–H and O–H groups in total. The van der Waals surface area contributed by atoms with Crippen LogP contribution in [0.2, 0.25) is 0 Å². The van der Waals surface area contributed by atoms with Gasteiger partial charge in [-0.15, -0.1) is 0 Å². The summed E-state index contributed by atoms with van der Waals surface area (Å²) in [5.74, 6) is -0.0841. The minimum absolute atomic E-state index is 0.0841. The van der Waals surface area contributed by atoms with E-state index in [9.17, 15) is 4.79 Å². The van der Waals surface area contributed by atoms with Gasteiger partial charge in [-0.2, -0.15) is 0 Å². The van der Waals surface area contributed by atoms with Crippen molar-refractivity contribution in [2.75, 3.05) is 0 Å². The van der Waals surface area contributed by atoms with Crippen molar-refractivity contribution in [1.82, 2.24) is 5.32 Å². The van der Waals surface area contributed by atoms with E-state index in [0.717, 1.165) is 16.3 Å². The maximum atomic E-state index is 12.1. The topological polar surface area (TPSA) is 55.1 Å². The number of carbonyl (C=O) groups is 1. The van der Waals surface area contributed by atoms with Crippen LogP contribution >= 0.6 is 12.2 Å². The molecule has 0 aliphatic carbocycles. The average molecular weight is 286 g/mol. The zero-order valence-electron chi connectivity index (χ0n) is 11.6. The van der Waals surface area contributed by atoms with E-state index in [2.05, 4.69) is 5.32 Å². The molecular formula is C16H18N2OS. The molecule has 2 aromatic rings. The molecule has 20 heavy (non-hydrogen) atoms. The first kappa shape index (κ1) is 14.5. The van der Waals surface area contributed by atoms with Crippen LogP contribution < -0.4 is 11.1 Å². The second-order valence-electron chi connectivity index (χ2n) is 5.35. The Bertz CT molecular complexity index is 659. The average Bonchev–Trinajstić information content (AvgIpc) is 2.38. The molecule has 0 aromatic heterocycles. The third-order valence-electron chi connectivity index (χ3n) is 3.30. The van der Waals surface area contributed by atoms with Gasteiger partial charge >= 0.3 is 0 Å². The smallest absolute Gasteiger partial charge is 0.225 e. The molecule has 0 saturated carbocycles. The van der Waals surface area contributed by atoms with Crippen LogP contribution in [0.5, 0.6) is 0 Å². The van der Waals surface area contributed by atoms with E-state index in [-0.39, 0.29) is 10.9 Å². The number of amides is 1. The van der Waals surface area contributed by atoms with Crippen molar-refractivity contribution in [2.24, 2.45) is 5.73 Å². The zero-order chi connectivity index (χ0) is 14.8. The fraction of sp³-hybridized carbons (Fsp3) is 0.250. The normalized spacial score (nSPS) is 11.3. The van der Waals surface area contributed by atoms with Gasteiger partial charge < -0.3 is 11.1 Å². The number of carbonyl (C=O) groups excluding carboxylic acids is 1. The number of hydrogen-bond donors (Lipinski definition) is 2. The molecule has 0 atom stereocenters. The summed E-state index contributed by atoms with van der Waals surface area (Å²) in [6.07, 6.45) is 0.313. The Morgan fingerprint density at radius 3 is 2.55 bits per heavy atom. The molecule has 2 aromatic carbocycles. The first-order valence-corrected chi connectivity index (χ1v) is 6.88. The number of rotatable bonds is 4. The molecule has 0 saturated heterocycles. The summed E-state index contributed by atoms with van der Waals surface area (Å²) in [5, 5.41) is 5.09. The SMILES string of the molecule is CC(C)(NC(=O)Cc1cccc2ccccc12)C(N)=S. The fourth-order valence-corrected chi connectivity index (χ4v) is 2.12. The van der Waals surface area contributed by atoms with Crippen LogP contribution in [0.25, 0.3) is 10.8 Å². The van der Waals surface area contributed by atoms with Crippen LogP contribution in [0, 0.1) is 0 Å². The molecule has 0 unspecified atom stereocenters. The van der Waals surface area contributed by atoms with Crippen molar-refractivity contribution < 1.29 is 4.79 Å². The Labute approximate surface area is 124 Å². The molecule has 0 bridgehead atoms. The van der Waals surface area contributed by atoms with E-state index >= 15 is 0 Å². The molecule has 4 heteroatoms. The molecule has 0 radical (unpaired) electrons. The molecule has 0 heterocycles. The van der Waals surface area contributed by atoms with Gasteiger partial charge in [0.05, 0.1) is 16.9 Å². The second kappa shape index (κ2) is 5.59. The van der Waals surface area contributed by atoms with Crippen molar-refractivity contribution in [2.45, 2.75) is 25.8 Å². The van der Waals surface area contributed by atoms with E-state index in [1.54, 1.807) is 13.8 Å². The number of thiocarbonyl (C=S) groups is 1. The molecular weight excluding hydrogens is 268 g/mol. The molecule has 0 aliphatic rings. The van der Waals surface area contributed by atoms with Crippen LogP contribution in [0.15, 0.2) is 42.5 Å². The number of benzene rings is 2. The minimum atomic E-state index is -0.670. The van der Waals surface area contributed by atoms with Crippen LogP contribution in [-0.2, 0) is 11.2 Å². The van der Waals surface area contributed by atoms with Crippen molar-refractivity contribution in [3.63, 3.8) is 0 Å². The molecule has 104 valence electrons. The highest BCUT2D eigenvalue weighted by Gasteiger charge is 2.23. The van der Waals surface area contributed by atoms with Crippen LogP contribution in [0.3, 0.4) is 0 Å². The van der Waals surface area contributed by atoms with Gasteiger partial charge in [0.1, 0.15) is 0 Å². The molecule has 2 rings (SSSR count). The largest absolute Gasteiger partial charge is 0.391 e. The molecule has 3 nitrogen and oxygen atoms in total. The molecule has 1 amide bonds. The van der Waals surface area contributed by atoms with Crippen LogP contribution in [0.1, 0.15) is 19.4 Å². The summed E-state index contributed by atoms with van der Waals surface area (Å²) in [7, 11) is 0.